The SMILES string of the molecule is O=C(Nc1cc(C(F)(F)F)ccc1Br)c1ccc(Br)nc1. The molecule has 0 unspecified atom stereocenters. The maximum absolute atomic E-state index is 12.7. The Hall–Kier alpha value is -1.41. The van der Waals surface area contributed by atoms with Gasteiger partial charge in [-0.15, -0.1) is 0 Å². The van der Waals surface area contributed by atoms with Crippen LogP contribution < -0.4 is 5.32 Å². The quantitative estimate of drug-likeness (QED) is 0.699. The van der Waals surface area contributed by atoms with E-state index in [4.69, 9.17) is 0 Å². The predicted molar refractivity (Wildman–Crippen MR) is 79.0 cm³/mol. The molecule has 0 saturated heterocycles. The third kappa shape index (κ3) is 4.04. The number of carbonyl (C=O) groups is 1. The third-order valence-corrected chi connectivity index (χ3v) is 3.69. The van der Waals surface area contributed by atoms with Crippen LogP contribution in [0.4, 0.5) is 18.9 Å². The Balaban J connectivity index is 2.26. The highest BCUT2D eigenvalue weighted by Crippen LogP contribution is 2.34. The highest BCUT2D eigenvalue weighted by Gasteiger charge is 2.31. The van der Waals surface area contributed by atoms with Gasteiger partial charge in [0, 0.05) is 10.7 Å². The van der Waals surface area contributed by atoms with Crippen molar-refractivity contribution in [2.75, 3.05) is 5.32 Å². The first-order valence-electron chi connectivity index (χ1n) is 5.57. The third-order valence-electron chi connectivity index (χ3n) is 2.53. The maximum Gasteiger partial charge on any atom is 0.416 e. The zero-order chi connectivity index (χ0) is 15.6. The number of hydrogen-bond donors (Lipinski definition) is 1. The van der Waals surface area contributed by atoms with Gasteiger partial charge in [-0.2, -0.15) is 13.2 Å². The van der Waals surface area contributed by atoms with Gasteiger partial charge in [0.15, 0.2) is 0 Å². The molecular formula is C13H7Br2F3N2O. The molecule has 0 saturated carbocycles. The number of halogens is 5. The topological polar surface area (TPSA) is 42.0 Å². The number of alkyl halides is 3. The van der Waals surface area contributed by atoms with E-state index >= 15 is 0 Å². The minimum atomic E-state index is -4.47. The second-order valence-electron chi connectivity index (χ2n) is 4.02. The molecule has 3 nitrogen and oxygen atoms in total. The van der Waals surface area contributed by atoms with Crippen LogP contribution >= 0.6 is 31.9 Å². The highest BCUT2D eigenvalue weighted by molar-refractivity contribution is 9.10. The van der Waals surface area contributed by atoms with Crippen molar-refractivity contribution < 1.29 is 18.0 Å². The van der Waals surface area contributed by atoms with Gasteiger partial charge in [0.2, 0.25) is 0 Å². The minimum absolute atomic E-state index is 0.0396. The number of hydrogen-bond acceptors (Lipinski definition) is 2. The molecule has 1 aromatic heterocycles. The van der Waals surface area contributed by atoms with E-state index in [0.29, 0.717) is 9.08 Å². The van der Waals surface area contributed by atoms with Crippen LogP contribution in [0.1, 0.15) is 15.9 Å². The number of rotatable bonds is 2. The van der Waals surface area contributed by atoms with E-state index < -0.39 is 17.6 Å². The van der Waals surface area contributed by atoms with Crippen molar-refractivity contribution in [3.05, 3.63) is 56.7 Å². The number of aromatic nitrogens is 1. The number of anilines is 1. The van der Waals surface area contributed by atoms with Crippen LogP contribution in [-0.2, 0) is 6.18 Å². The molecule has 110 valence electrons. The molecule has 0 fully saturated rings. The fourth-order valence-corrected chi connectivity index (χ4v) is 2.08. The van der Waals surface area contributed by atoms with Gasteiger partial charge in [0.25, 0.3) is 5.91 Å². The molecule has 2 rings (SSSR count). The van der Waals surface area contributed by atoms with E-state index in [1.54, 1.807) is 6.07 Å². The summed E-state index contributed by atoms with van der Waals surface area (Å²) < 4.78 is 38.9. The van der Waals surface area contributed by atoms with Crippen molar-refractivity contribution >= 4 is 43.5 Å². The molecule has 0 bridgehead atoms. The fourth-order valence-electron chi connectivity index (χ4n) is 1.50. The number of carbonyl (C=O) groups excluding carboxylic acids is 1. The lowest BCUT2D eigenvalue weighted by Gasteiger charge is -2.11. The Morgan fingerprint density at radius 1 is 1.14 bits per heavy atom. The maximum atomic E-state index is 12.7. The Morgan fingerprint density at radius 2 is 1.86 bits per heavy atom. The van der Waals surface area contributed by atoms with E-state index in [9.17, 15) is 18.0 Å². The van der Waals surface area contributed by atoms with Crippen molar-refractivity contribution in [2.45, 2.75) is 6.18 Å². The average molecular weight is 424 g/mol. The Morgan fingerprint density at radius 3 is 2.43 bits per heavy atom. The van der Waals surface area contributed by atoms with Gasteiger partial charge in [-0.25, -0.2) is 4.98 Å². The summed E-state index contributed by atoms with van der Waals surface area (Å²) in [7, 11) is 0. The fraction of sp³-hybridized carbons (Fsp3) is 0.0769. The summed E-state index contributed by atoms with van der Waals surface area (Å²) in [4.78, 5) is 15.9. The average Bonchev–Trinajstić information content (AvgIpc) is 2.40. The lowest BCUT2D eigenvalue weighted by Crippen LogP contribution is -2.14. The van der Waals surface area contributed by atoms with Crippen LogP contribution in [0.3, 0.4) is 0 Å². The van der Waals surface area contributed by atoms with Crippen molar-refractivity contribution in [1.82, 2.24) is 4.98 Å². The second kappa shape index (κ2) is 6.15. The molecule has 8 heteroatoms. The second-order valence-corrected chi connectivity index (χ2v) is 5.68. The Bertz CT molecular complexity index is 672. The summed E-state index contributed by atoms with van der Waals surface area (Å²) in [6, 6.07) is 6.11. The van der Waals surface area contributed by atoms with Crippen molar-refractivity contribution in [3.63, 3.8) is 0 Å². The first-order chi connectivity index (χ1) is 9.77. The molecule has 0 atom stereocenters. The molecule has 0 spiro atoms. The van der Waals surface area contributed by atoms with E-state index in [1.807, 2.05) is 0 Å². The first kappa shape index (κ1) is 16.0. The summed E-state index contributed by atoms with van der Waals surface area (Å²) in [5.41, 5.74) is -0.560. The molecule has 0 aliphatic rings. The van der Waals surface area contributed by atoms with Crippen LogP contribution in [-0.4, -0.2) is 10.9 Å². The molecule has 21 heavy (non-hydrogen) atoms. The van der Waals surface area contributed by atoms with E-state index in [-0.39, 0.29) is 11.3 Å². The van der Waals surface area contributed by atoms with Crippen LogP contribution in [0.2, 0.25) is 0 Å². The number of amides is 1. The lowest BCUT2D eigenvalue weighted by atomic mass is 10.2. The van der Waals surface area contributed by atoms with Crippen molar-refractivity contribution in [3.8, 4) is 0 Å². The Labute approximate surface area is 134 Å². The summed E-state index contributed by atoms with van der Waals surface area (Å²) in [6.45, 7) is 0. The summed E-state index contributed by atoms with van der Waals surface area (Å²) >= 11 is 6.23. The zero-order valence-corrected chi connectivity index (χ0v) is 13.4. The first-order valence-corrected chi connectivity index (χ1v) is 7.15. The van der Waals surface area contributed by atoms with E-state index in [1.165, 1.54) is 18.3 Å². The smallest absolute Gasteiger partial charge is 0.321 e. The number of nitrogens with zero attached hydrogens (tertiary/aromatic N) is 1. The number of benzene rings is 1. The van der Waals surface area contributed by atoms with Gasteiger partial charge in [-0.05, 0) is 62.2 Å². The Kier molecular flexibility index (Phi) is 4.67. The standard InChI is InChI=1S/C13H7Br2F3N2O/c14-9-3-2-8(13(16,17)18)5-10(9)20-12(21)7-1-4-11(15)19-6-7/h1-6H,(H,20,21). The molecule has 2 aromatic rings. The van der Waals surface area contributed by atoms with Gasteiger partial charge in [-0.1, -0.05) is 0 Å². The van der Waals surface area contributed by atoms with Gasteiger partial charge in [0.05, 0.1) is 16.8 Å². The summed E-state index contributed by atoms with van der Waals surface area (Å²) in [6.07, 6.45) is -3.15. The lowest BCUT2D eigenvalue weighted by molar-refractivity contribution is -0.137. The molecule has 0 radical (unpaired) electrons. The van der Waals surface area contributed by atoms with Crippen LogP contribution in [0, 0.1) is 0 Å². The van der Waals surface area contributed by atoms with Crippen LogP contribution in [0.5, 0.6) is 0 Å². The van der Waals surface area contributed by atoms with Crippen molar-refractivity contribution in [1.29, 1.82) is 0 Å². The van der Waals surface area contributed by atoms with Gasteiger partial charge < -0.3 is 5.32 Å². The summed E-state index contributed by atoms with van der Waals surface area (Å²) in [5.74, 6) is -0.546. The highest BCUT2D eigenvalue weighted by atomic mass is 79.9. The number of pyridine rings is 1. The monoisotopic (exact) mass is 422 g/mol. The van der Waals surface area contributed by atoms with Crippen LogP contribution in [0.25, 0.3) is 0 Å². The molecule has 1 amide bonds. The van der Waals surface area contributed by atoms with Gasteiger partial charge in [0.1, 0.15) is 4.60 Å². The molecule has 0 aliphatic carbocycles. The normalized spacial score (nSPS) is 11.3. The zero-order valence-electron chi connectivity index (χ0n) is 10.2. The molecule has 1 N–H and O–H groups in total. The largest absolute Gasteiger partial charge is 0.416 e. The minimum Gasteiger partial charge on any atom is -0.321 e. The molecule has 1 aromatic carbocycles. The molecular weight excluding hydrogens is 417 g/mol. The van der Waals surface area contributed by atoms with Gasteiger partial charge in [-0.3, -0.25) is 4.79 Å². The van der Waals surface area contributed by atoms with E-state index in [2.05, 4.69) is 42.2 Å². The van der Waals surface area contributed by atoms with Crippen molar-refractivity contribution in [2.24, 2.45) is 0 Å². The van der Waals surface area contributed by atoms with Gasteiger partial charge >= 0.3 is 6.18 Å². The van der Waals surface area contributed by atoms with Crippen LogP contribution in [0.15, 0.2) is 45.6 Å². The molecule has 0 aliphatic heterocycles. The predicted octanol–water partition coefficient (Wildman–Crippen LogP) is 4.88. The number of nitrogens with one attached hydrogen (secondary N) is 1. The summed E-state index contributed by atoms with van der Waals surface area (Å²) in [5, 5.41) is 2.42. The van der Waals surface area contributed by atoms with E-state index in [0.717, 1.165) is 12.1 Å². The molecule has 1 heterocycles.